The molecule has 0 aliphatic heterocycles. The molecule has 8 nitrogen and oxygen atoms in total. The first-order chi connectivity index (χ1) is 6.69. The maximum atomic E-state index is 11.1. The number of nitrogen functional groups attached to an aromatic ring is 1. The molecule has 0 fully saturated rings. The van der Waals surface area contributed by atoms with Crippen molar-refractivity contribution in [2.24, 2.45) is 5.16 Å². The molecule has 0 radical (unpaired) electrons. The van der Waals surface area contributed by atoms with Crippen LogP contribution in [0.2, 0.25) is 0 Å². The average Bonchev–Trinajstić information content (AvgIpc) is 2.54. The normalized spacial score (nSPS) is 11.4. The van der Waals surface area contributed by atoms with Gasteiger partial charge in [-0.25, -0.2) is 4.79 Å². The molecule has 1 rings (SSSR count). The van der Waals surface area contributed by atoms with Crippen molar-refractivity contribution in [3.8, 4) is 0 Å². The molecule has 1 aromatic rings. The predicted molar refractivity (Wildman–Crippen MR) is 43.7 cm³/mol. The molecule has 0 saturated heterocycles. The van der Waals surface area contributed by atoms with E-state index in [1.807, 2.05) is 0 Å². The number of esters is 1. The molecule has 1 heterocycles. The van der Waals surface area contributed by atoms with E-state index < -0.39 is 11.7 Å². The van der Waals surface area contributed by atoms with Crippen molar-refractivity contribution in [2.45, 2.75) is 6.92 Å². The number of anilines is 1. The maximum Gasteiger partial charge on any atom is 0.364 e. The van der Waals surface area contributed by atoms with Gasteiger partial charge in [0.1, 0.15) is 0 Å². The smallest absolute Gasteiger partial charge is 0.364 e. The molecular weight excluding hydrogens is 192 g/mol. The molecule has 0 atom stereocenters. The minimum atomic E-state index is -0.851. The largest absolute Gasteiger partial charge is 0.461 e. The zero-order valence-corrected chi connectivity index (χ0v) is 7.30. The molecule has 1 aromatic heterocycles. The number of carbonyl (C=O) groups excluding carboxylic acids is 1. The van der Waals surface area contributed by atoms with Crippen LogP contribution in [0, 0.1) is 0 Å². The Labute approximate surface area is 78.3 Å². The first-order valence-electron chi connectivity index (χ1n) is 3.67. The van der Waals surface area contributed by atoms with Gasteiger partial charge in [-0.05, 0) is 6.92 Å². The van der Waals surface area contributed by atoms with E-state index in [4.69, 9.17) is 10.9 Å². The highest BCUT2D eigenvalue weighted by Crippen LogP contribution is 2.01. The van der Waals surface area contributed by atoms with E-state index >= 15 is 0 Å². The number of oxime groups is 1. The van der Waals surface area contributed by atoms with Crippen LogP contribution in [-0.4, -0.2) is 33.6 Å². The summed E-state index contributed by atoms with van der Waals surface area (Å²) >= 11 is 0. The minimum Gasteiger partial charge on any atom is -0.461 e. The van der Waals surface area contributed by atoms with E-state index in [9.17, 15) is 4.79 Å². The molecule has 76 valence electrons. The Kier molecular flexibility index (Phi) is 3.00. The number of hydrogen-bond acceptors (Lipinski definition) is 8. The summed E-state index contributed by atoms with van der Waals surface area (Å²) in [7, 11) is 0. The molecule has 0 aliphatic rings. The van der Waals surface area contributed by atoms with Crippen molar-refractivity contribution in [1.82, 2.24) is 10.1 Å². The van der Waals surface area contributed by atoms with E-state index in [0.29, 0.717) is 0 Å². The highest BCUT2D eigenvalue weighted by molar-refractivity contribution is 6.42. The minimum absolute atomic E-state index is 0.144. The van der Waals surface area contributed by atoms with E-state index in [0.717, 1.165) is 0 Å². The molecule has 14 heavy (non-hydrogen) atoms. The van der Waals surface area contributed by atoms with Gasteiger partial charge >= 0.3 is 12.0 Å². The molecule has 0 amide bonds. The van der Waals surface area contributed by atoms with Crippen molar-refractivity contribution in [1.29, 1.82) is 0 Å². The van der Waals surface area contributed by atoms with Crippen molar-refractivity contribution in [3.63, 3.8) is 0 Å². The summed E-state index contributed by atoms with van der Waals surface area (Å²) in [5.74, 6) is -1.07. The lowest BCUT2D eigenvalue weighted by Gasteiger charge is -1.98. The van der Waals surface area contributed by atoms with Gasteiger partial charge in [-0.3, -0.25) is 0 Å². The maximum absolute atomic E-state index is 11.1. The topological polar surface area (TPSA) is 124 Å². The number of rotatable bonds is 3. The summed E-state index contributed by atoms with van der Waals surface area (Å²) in [5.41, 5.74) is 4.66. The van der Waals surface area contributed by atoms with Crippen molar-refractivity contribution in [3.05, 3.63) is 5.82 Å². The van der Waals surface area contributed by atoms with Gasteiger partial charge in [0.25, 0.3) is 0 Å². The molecule has 0 spiro atoms. The Morgan fingerprint density at radius 1 is 1.79 bits per heavy atom. The molecule has 0 aliphatic carbocycles. The number of hydrogen-bond donors (Lipinski definition) is 2. The van der Waals surface area contributed by atoms with Gasteiger partial charge in [-0.2, -0.15) is 4.98 Å². The highest BCUT2D eigenvalue weighted by atomic mass is 16.5. The number of nitrogens with zero attached hydrogens (tertiary/aromatic N) is 3. The lowest BCUT2D eigenvalue weighted by Crippen LogP contribution is -2.20. The van der Waals surface area contributed by atoms with Crippen LogP contribution in [0.5, 0.6) is 0 Å². The molecular formula is C6H8N4O4. The van der Waals surface area contributed by atoms with Gasteiger partial charge in [0.2, 0.25) is 11.5 Å². The third kappa shape index (κ3) is 1.97. The number of carbonyl (C=O) groups is 1. The van der Waals surface area contributed by atoms with Crippen LogP contribution < -0.4 is 5.73 Å². The summed E-state index contributed by atoms with van der Waals surface area (Å²) in [5, 5.41) is 14.5. The third-order valence-electron chi connectivity index (χ3n) is 1.22. The lowest BCUT2D eigenvalue weighted by atomic mass is 10.3. The van der Waals surface area contributed by atoms with Gasteiger partial charge < -0.3 is 20.2 Å². The Bertz CT molecular complexity index is 358. The van der Waals surface area contributed by atoms with Crippen molar-refractivity contribution >= 4 is 17.7 Å². The Morgan fingerprint density at radius 3 is 2.93 bits per heavy atom. The summed E-state index contributed by atoms with van der Waals surface area (Å²) in [6, 6.07) is -0.231. The fraction of sp³-hybridized carbons (Fsp3) is 0.333. The van der Waals surface area contributed by atoms with Crippen LogP contribution in [0.1, 0.15) is 12.7 Å². The zero-order valence-electron chi connectivity index (χ0n) is 7.30. The summed E-state index contributed by atoms with van der Waals surface area (Å²) in [4.78, 5) is 14.6. The quantitative estimate of drug-likeness (QED) is 0.288. The number of ether oxygens (including phenoxy) is 1. The standard InChI is InChI=1S/C6H8N4O4/c1-2-13-5(11)3(9-12)4-8-6(7)14-10-4/h12H,2H2,1H3,(H2,7,8,10). The summed E-state index contributed by atoms with van der Waals surface area (Å²) in [6.07, 6.45) is 0. The predicted octanol–water partition coefficient (Wildman–Crippen LogP) is -0.607. The van der Waals surface area contributed by atoms with Gasteiger partial charge in [0, 0.05) is 0 Å². The summed E-state index contributed by atoms with van der Waals surface area (Å²) < 4.78 is 8.96. The van der Waals surface area contributed by atoms with Crippen LogP contribution in [-0.2, 0) is 9.53 Å². The first-order valence-corrected chi connectivity index (χ1v) is 3.67. The average molecular weight is 200 g/mol. The number of nitrogens with two attached hydrogens (primary N) is 1. The van der Waals surface area contributed by atoms with E-state index in [2.05, 4.69) is 24.6 Å². The second kappa shape index (κ2) is 4.21. The van der Waals surface area contributed by atoms with Crippen molar-refractivity contribution < 1.29 is 19.3 Å². The van der Waals surface area contributed by atoms with Crippen LogP contribution >= 0.6 is 0 Å². The molecule has 0 aromatic carbocycles. The van der Waals surface area contributed by atoms with Gasteiger partial charge in [0.05, 0.1) is 6.61 Å². The lowest BCUT2D eigenvalue weighted by molar-refractivity contribution is -0.135. The van der Waals surface area contributed by atoms with E-state index in [1.54, 1.807) is 6.92 Å². The fourth-order valence-electron chi connectivity index (χ4n) is 0.708. The second-order valence-corrected chi connectivity index (χ2v) is 2.13. The Balaban J connectivity index is 2.88. The molecule has 0 unspecified atom stereocenters. The molecule has 0 bridgehead atoms. The van der Waals surface area contributed by atoms with E-state index in [1.165, 1.54) is 0 Å². The zero-order chi connectivity index (χ0) is 10.6. The summed E-state index contributed by atoms with van der Waals surface area (Å²) in [6.45, 7) is 1.75. The molecule has 0 saturated carbocycles. The van der Waals surface area contributed by atoms with Gasteiger partial charge in [-0.1, -0.05) is 10.3 Å². The molecule has 3 N–H and O–H groups in total. The highest BCUT2D eigenvalue weighted by Gasteiger charge is 2.21. The monoisotopic (exact) mass is 200 g/mol. The third-order valence-corrected chi connectivity index (χ3v) is 1.22. The first kappa shape index (κ1) is 9.96. The Hall–Kier alpha value is -2.12. The number of aromatic nitrogens is 2. The van der Waals surface area contributed by atoms with Crippen LogP contribution in [0.3, 0.4) is 0 Å². The Morgan fingerprint density at radius 2 is 2.50 bits per heavy atom. The fourth-order valence-corrected chi connectivity index (χ4v) is 0.708. The van der Waals surface area contributed by atoms with Crippen LogP contribution in [0.4, 0.5) is 6.01 Å². The SMILES string of the molecule is CCOC(=O)C(=NO)c1noc(N)n1. The van der Waals surface area contributed by atoms with Crippen molar-refractivity contribution in [2.75, 3.05) is 12.3 Å². The van der Waals surface area contributed by atoms with Gasteiger partial charge in [0.15, 0.2) is 0 Å². The van der Waals surface area contributed by atoms with E-state index in [-0.39, 0.29) is 18.4 Å². The van der Waals surface area contributed by atoms with Crippen LogP contribution in [0.15, 0.2) is 9.68 Å². The van der Waals surface area contributed by atoms with Crippen LogP contribution in [0.25, 0.3) is 0 Å². The second-order valence-electron chi connectivity index (χ2n) is 2.13. The van der Waals surface area contributed by atoms with Gasteiger partial charge in [-0.15, -0.1) is 0 Å². The molecule has 8 heteroatoms.